The molecule has 8 nitrogen and oxygen atoms in total. The zero-order valence-electron chi connectivity index (χ0n) is 19.9. The van der Waals surface area contributed by atoms with E-state index in [1.807, 2.05) is 24.3 Å². The molecule has 1 spiro atoms. The first kappa shape index (κ1) is 23.5. The lowest BCUT2D eigenvalue weighted by Crippen LogP contribution is -2.44. The largest absolute Gasteiger partial charge is 0.465 e. The van der Waals surface area contributed by atoms with Crippen molar-refractivity contribution in [3.8, 4) is 0 Å². The Morgan fingerprint density at radius 2 is 2.03 bits per heavy atom. The summed E-state index contributed by atoms with van der Waals surface area (Å²) in [5.74, 6) is -0.917. The predicted octanol–water partition coefficient (Wildman–Crippen LogP) is 3.77. The molecule has 1 saturated heterocycles. The summed E-state index contributed by atoms with van der Waals surface area (Å²) in [7, 11) is 1.32. The number of carbonyl (C=O) groups excluding carboxylic acids is 4. The van der Waals surface area contributed by atoms with Crippen LogP contribution in [0.2, 0.25) is 0 Å². The van der Waals surface area contributed by atoms with Gasteiger partial charge in [0.15, 0.2) is 0 Å². The molecule has 2 N–H and O–H groups in total. The predicted molar refractivity (Wildman–Crippen MR) is 131 cm³/mol. The van der Waals surface area contributed by atoms with Crippen molar-refractivity contribution in [2.24, 2.45) is 5.92 Å². The zero-order chi connectivity index (χ0) is 24.7. The molecular formula is C26H29N3O5S. The average molecular weight is 496 g/mol. The van der Waals surface area contributed by atoms with Crippen LogP contribution in [-0.4, -0.2) is 42.4 Å². The number of hydrogen-bond acceptors (Lipinski definition) is 6. The van der Waals surface area contributed by atoms with Gasteiger partial charge in [0.05, 0.1) is 12.7 Å². The molecule has 0 bridgehead atoms. The van der Waals surface area contributed by atoms with Gasteiger partial charge >= 0.3 is 12.0 Å². The Morgan fingerprint density at radius 3 is 2.83 bits per heavy atom. The first-order valence-electron chi connectivity index (χ1n) is 12.1. The Kier molecular flexibility index (Phi) is 6.13. The summed E-state index contributed by atoms with van der Waals surface area (Å²) in [5, 5.41) is 6.12. The van der Waals surface area contributed by atoms with E-state index in [0.717, 1.165) is 65.0 Å². The van der Waals surface area contributed by atoms with Crippen LogP contribution in [0.25, 0.3) is 0 Å². The third kappa shape index (κ3) is 4.01. The van der Waals surface area contributed by atoms with Crippen molar-refractivity contribution in [1.29, 1.82) is 0 Å². The molecule has 3 aliphatic rings. The molecule has 35 heavy (non-hydrogen) atoms. The maximum absolute atomic E-state index is 13.6. The number of thiophene rings is 1. The highest BCUT2D eigenvalue weighted by atomic mass is 32.1. The monoisotopic (exact) mass is 495 g/mol. The number of nitrogens with one attached hydrogen (secondary N) is 2. The quantitative estimate of drug-likeness (QED) is 0.496. The van der Waals surface area contributed by atoms with Crippen LogP contribution in [0.5, 0.6) is 0 Å². The number of ether oxygens (including phenoxy) is 1. The minimum Gasteiger partial charge on any atom is -0.465 e. The number of rotatable bonds is 4. The summed E-state index contributed by atoms with van der Waals surface area (Å²) in [6, 6.07) is 7.11. The van der Waals surface area contributed by atoms with Crippen LogP contribution >= 0.6 is 11.3 Å². The molecule has 5 rings (SSSR count). The third-order valence-electron chi connectivity index (χ3n) is 7.36. The normalized spacial score (nSPS) is 23.4. The van der Waals surface area contributed by atoms with E-state index in [1.54, 1.807) is 0 Å². The Morgan fingerprint density at radius 1 is 1.23 bits per heavy atom. The van der Waals surface area contributed by atoms with Crippen molar-refractivity contribution in [2.45, 2.75) is 57.4 Å². The van der Waals surface area contributed by atoms with Gasteiger partial charge in [-0.15, -0.1) is 11.3 Å². The summed E-state index contributed by atoms with van der Waals surface area (Å²) >= 11 is 1.38. The van der Waals surface area contributed by atoms with Crippen LogP contribution in [0.1, 0.15) is 64.5 Å². The van der Waals surface area contributed by atoms with Crippen LogP contribution in [0.15, 0.2) is 24.3 Å². The molecule has 2 atom stereocenters. The Labute approximate surface area is 208 Å². The number of esters is 1. The van der Waals surface area contributed by atoms with Gasteiger partial charge in [-0.05, 0) is 67.6 Å². The highest BCUT2D eigenvalue weighted by Gasteiger charge is 2.53. The topological polar surface area (TPSA) is 105 Å². The summed E-state index contributed by atoms with van der Waals surface area (Å²) in [6.07, 6.45) is 5.63. The smallest absolute Gasteiger partial charge is 0.341 e. The number of benzene rings is 1. The van der Waals surface area contributed by atoms with Gasteiger partial charge < -0.3 is 15.4 Å². The number of urea groups is 1. The van der Waals surface area contributed by atoms with Crippen molar-refractivity contribution < 1.29 is 23.9 Å². The van der Waals surface area contributed by atoms with Gasteiger partial charge in [-0.1, -0.05) is 31.2 Å². The second-order valence-corrected chi connectivity index (χ2v) is 10.8. The van der Waals surface area contributed by atoms with Crippen LogP contribution in [0.3, 0.4) is 0 Å². The van der Waals surface area contributed by atoms with Gasteiger partial charge in [-0.3, -0.25) is 14.5 Å². The van der Waals surface area contributed by atoms with Gasteiger partial charge in [0.25, 0.3) is 5.91 Å². The lowest BCUT2D eigenvalue weighted by Gasteiger charge is -2.27. The first-order valence-corrected chi connectivity index (χ1v) is 12.9. The van der Waals surface area contributed by atoms with Crippen LogP contribution in [0.4, 0.5) is 9.80 Å². The van der Waals surface area contributed by atoms with E-state index in [4.69, 9.17) is 4.74 Å². The summed E-state index contributed by atoms with van der Waals surface area (Å²) in [6.45, 7) is 1.74. The molecule has 1 fully saturated rings. The molecule has 4 amide bonds. The van der Waals surface area contributed by atoms with E-state index in [9.17, 15) is 19.2 Å². The number of anilines is 1. The van der Waals surface area contributed by atoms with Gasteiger partial charge in [0.1, 0.15) is 17.1 Å². The van der Waals surface area contributed by atoms with E-state index < -0.39 is 35.9 Å². The van der Waals surface area contributed by atoms with Crippen molar-refractivity contribution in [3.63, 3.8) is 0 Å². The molecule has 2 aliphatic carbocycles. The lowest BCUT2D eigenvalue weighted by atomic mass is 9.84. The Balaban J connectivity index is 1.39. The fourth-order valence-corrected chi connectivity index (χ4v) is 7.00. The van der Waals surface area contributed by atoms with Gasteiger partial charge in [-0.2, -0.15) is 0 Å². The number of hydrogen-bond donors (Lipinski definition) is 2. The summed E-state index contributed by atoms with van der Waals surface area (Å²) in [4.78, 5) is 54.2. The molecule has 2 unspecified atom stereocenters. The number of amides is 4. The maximum atomic E-state index is 13.6. The minimum atomic E-state index is -1.14. The van der Waals surface area contributed by atoms with E-state index in [0.29, 0.717) is 22.9 Å². The van der Waals surface area contributed by atoms with E-state index in [-0.39, 0.29) is 0 Å². The fraction of sp³-hybridized carbons (Fsp3) is 0.462. The molecule has 1 aromatic heterocycles. The SMILES string of the molecule is COC(=O)c1c(NC(=O)CN2C(=O)NC3(CCCCc4ccccc43)C2=O)sc2c1CCC(C)C2. The van der Waals surface area contributed by atoms with E-state index in [2.05, 4.69) is 17.6 Å². The molecule has 0 radical (unpaired) electrons. The van der Waals surface area contributed by atoms with Crippen LogP contribution < -0.4 is 10.6 Å². The molecule has 9 heteroatoms. The first-order chi connectivity index (χ1) is 16.8. The van der Waals surface area contributed by atoms with Crippen molar-refractivity contribution in [2.75, 3.05) is 19.0 Å². The van der Waals surface area contributed by atoms with Crippen molar-refractivity contribution in [1.82, 2.24) is 10.2 Å². The lowest BCUT2D eigenvalue weighted by molar-refractivity contribution is -0.134. The van der Waals surface area contributed by atoms with E-state index >= 15 is 0 Å². The molecule has 2 aromatic rings. The van der Waals surface area contributed by atoms with Gasteiger partial charge in [0.2, 0.25) is 5.91 Å². The zero-order valence-corrected chi connectivity index (χ0v) is 20.8. The summed E-state index contributed by atoms with van der Waals surface area (Å²) in [5.41, 5.74) is 2.04. The number of methoxy groups -OCH3 is 1. The minimum absolute atomic E-state index is 0.388. The number of fused-ring (bicyclic) bond motifs is 3. The van der Waals surface area contributed by atoms with E-state index in [1.165, 1.54) is 18.4 Å². The second kappa shape index (κ2) is 9.11. The molecule has 1 aliphatic heterocycles. The highest BCUT2D eigenvalue weighted by molar-refractivity contribution is 7.17. The molecule has 0 saturated carbocycles. The van der Waals surface area contributed by atoms with Crippen LogP contribution in [0, 0.1) is 5.92 Å². The molecule has 2 heterocycles. The summed E-state index contributed by atoms with van der Waals surface area (Å²) < 4.78 is 4.99. The average Bonchev–Trinajstić information content (AvgIpc) is 3.22. The Hall–Kier alpha value is -3.20. The van der Waals surface area contributed by atoms with Crippen molar-refractivity contribution >= 4 is 40.2 Å². The highest BCUT2D eigenvalue weighted by Crippen LogP contribution is 2.41. The van der Waals surface area contributed by atoms with Gasteiger partial charge in [-0.25, -0.2) is 9.59 Å². The van der Waals surface area contributed by atoms with Gasteiger partial charge in [0, 0.05) is 4.88 Å². The number of aryl methyl sites for hydroxylation is 1. The van der Waals surface area contributed by atoms with Crippen molar-refractivity contribution in [3.05, 3.63) is 51.4 Å². The van der Waals surface area contributed by atoms with Crippen LogP contribution in [-0.2, 0) is 39.1 Å². The molecular weight excluding hydrogens is 466 g/mol. The third-order valence-corrected chi connectivity index (χ3v) is 8.53. The maximum Gasteiger partial charge on any atom is 0.341 e. The second-order valence-electron chi connectivity index (χ2n) is 9.69. The number of carbonyl (C=O) groups is 4. The molecule has 184 valence electrons. The fourth-order valence-electron chi connectivity index (χ4n) is 5.58. The number of nitrogens with zero attached hydrogens (tertiary/aromatic N) is 1. The number of imide groups is 1. The standard InChI is InChI=1S/C26H29N3O5S/c1-15-10-11-17-19(13-15)35-22(21(17)23(31)34-2)27-20(30)14-29-24(32)26(28-25(29)33)12-6-5-8-16-7-3-4-9-18(16)26/h3-4,7,9,15H,5-6,8,10-14H2,1-2H3,(H,27,30)(H,28,33). The Bertz CT molecular complexity index is 1220. The molecule has 1 aromatic carbocycles.